The molecular formula is C33H32BF3N2O2. The number of phenols is 1. The molecule has 2 radical (unpaired) electrons. The van der Waals surface area contributed by atoms with Gasteiger partial charge < -0.3 is 10.4 Å². The quantitative estimate of drug-likeness (QED) is 0.334. The van der Waals surface area contributed by atoms with Gasteiger partial charge >= 0.3 is 6.18 Å². The summed E-state index contributed by atoms with van der Waals surface area (Å²) in [6.45, 7) is 2.70. The van der Waals surface area contributed by atoms with Crippen molar-refractivity contribution in [2.24, 2.45) is 10.9 Å². The summed E-state index contributed by atoms with van der Waals surface area (Å²) in [5.74, 6) is 0.0239. The van der Waals surface area contributed by atoms with Gasteiger partial charge in [0.15, 0.2) is 0 Å². The SMILES string of the molecule is [B]/C1=C(C)\C=C(\c2ccccc2O)C=C(CCCC2C=CC(CNC(=O)c3cccc(C(F)(F)F)c3)=CC2)CN=C1. The van der Waals surface area contributed by atoms with Crippen molar-refractivity contribution in [3.63, 3.8) is 0 Å². The van der Waals surface area contributed by atoms with Gasteiger partial charge in [0.05, 0.1) is 12.1 Å². The highest BCUT2D eigenvalue weighted by Crippen LogP contribution is 2.31. The fourth-order valence-electron chi connectivity index (χ4n) is 4.78. The van der Waals surface area contributed by atoms with Crippen molar-refractivity contribution in [2.75, 3.05) is 13.1 Å². The van der Waals surface area contributed by atoms with E-state index in [4.69, 9.17) is 7.85 Å². The first-order chi connectivity index (χ1) is 19.6. The largest absolute Gasteiger partial charge is 0.507 e. The van der Waals surface area contributed by atoms with E-state index in [1.54, 1.807) is 18.3 Å². The highest BCUT2D eigenvalue weighted by Gasteiger charge is 2.30. The van der Waals surface area contributed by atoms with Crippen molar-refractivity contribution in [2.45, 2.75) is 38.8 Å². The lowest BCUT2D eigenvalue weighted by atomic mass is 9.89. The highest BCUT2D eigenvalue weighted by atomic mass is 19.4. The van der Waals surface area contributed by atoms with Gasteiger partial charge in [0.25, 0.3) is 5.91 Å². The van der Waals surface area contributed by atoms with E-state index in [0.717, 1.165) is 65.7 Å². The number of amides is 1. The van der Waals surface area contributed by atoms with Crippen LogP contribution in [0.25, 0.3) is 5.57 Å². The van der Waals surface area contributed by atoms with Crippen LogP contribution < -0.4 is 5.32 Å². The molecule has 4 nitrogen and oxygen atoms in total. The molecule has 0 spiro atoms. The lowest BCUT2D eigenvalue weighted by molar-refractivity contribution is -0.137. The first kappa shape index (κ1) is 29.9. The Hall–Kier alpha value is -4.07. The molecule has 2 aromatic rings. The third-order valence-corrected chi connectivity index (χ3v) is 7.17. The van der Waals surface area contributed by atoms with E-state index in [2.05, 4.69) is 28.5 Å². The number of halogens is 3. The van der Waals surface area contributed by atoms with E-state index in [1.807, 2.05) is 31.2 Å². The van der Waals surface area contributed by atoms with E-state index in [1.165, 1.54) is 12.1 Å². The van der Waals surface area contributed by atoms with Gasteiger partial charge in [0.1, 0.15) is 13.6 Å². The van der Waals surface area contributed by atoms with Crippen LogP contribution in [0.3, 0.4) is 0 Å². The van der Waals surface area contributed by atoms with Gasteiger partial charge in [-0.15, -0.1) is 0 Å². The van der Waals surface area contributed by atoms with Gasteiger partial charge in [-0.05, 0) is 79.5 Å². The molecule has 0 saturated heterocycles. The zero-order valence-electron chi connectivity index (χ0n) is 22.9. The number of benzene rings is 2. The van der Waals surface area contributed by atoms with Crippen LogP contribution in [0.1, 0.15) is 54.1 Å². The van der Waals surface area contributed by atoms with Crippen LogP contribution in [-0.4, -0.2) is 38.2 Å². The van der Waals surface area contributed by atoms with E-state index in [0.29, 0.717) is 17.9 Å². The Morgan fingerprint density at radius 3 is 2.68 bits per heavy atom. The van der Waals surface area contributed by atoms with E-state index >= 15 is 0 Å². The molecule has 1 amide bonds. The summed E-state index contributed by atoms with van der Waals surface area (Å²) in [4.78, 5) is 16.9. The Kier molecular flexibility index (Phi) is 9.87. The zero-order valence-corrected chi connectivity index (χ0v) is 22.9. The molecular weight excluding hydrogens is 524 g/mol. The maximum atomic E-state index is 12.9. The van der Waals surface area contributed by atoms with Crippen LogP contribution in [0, 0.1) is 5.92 Å². The molecule has 41 heavy (non-hydrogen) atoms. The van der Waals surface area contributed by atoms with Gasteiger partial charge in [0.2, 0.25) is 0 Å². The van der Waals surface area contributed by atoms with Crippen LogP contribution in [0.5, 0.6) is 5.75 Å². The number of nitrogens with one attached hydrogen (secondary N) is 1. The summed E-state index contributed by atoms with van der Waals surface area (Å²) in [5, 5.41) is 13.2. The summed E-state index contributed by atoms with van der Waals surface area (Å²) in [6, 6.07) is 11.7. The normalized spacial score (nSPS) is 20.7. The predicted octanol–water partition coefficient (Wildman–Crippen LogP) is 7.35. The molecule has 1 aliphatic heterocycles. The molecule has 0 bridgehead atoms. The molecule has 1 unspecified atom stereocenters. The van der Waals surface area contributed by atoms with Gasteiger partial charge in [-0.25, -0.2) is 0 Å². The minimum absolute atomic E-state index is 0.0178. The molecule has 0 saturated carbocycles. The van der Waals surface area contributed by atoms with Crippen LogP contribution in [0.4, 0.5) is 13.2 Å². The molecule has 1 aliphatic carbocycles. The molecule has 0 fully saturated rings. The standard InChI is InChI=1S/C33H32BF3N2O2/c1-22-16-27(29-10-2-3-11-31(29)40)17-25(19-38-21-30(22)34)7-4-6-23-12-14-24(15-13-23)20-39-32(41)26-8-5-9-28(18-26)33(35,36)37/h2-3,5,8-12,14-18,21,23,40H,4,6-7,13,19-20H2,1H3,(H,39,41)/b25-17?,27-16+,30-22-,38-21?. The van der Waals surface area contributed by atoms with Gasteiger partial charge in [-0.1, -0.05) is 65.7 Å². The Morgan fingerprint density at radius 2 is 1.95 bits per heavy atom. The third-order valence-electron chi connectivity index (χ3n) is 7.17. The fraction of sp³-hybridized carbons (Fsp3) is 0.273. The maximum absolute atomic E-state index is 12.9. The average Bonchev–Trinajstić information content (AvgIpc) is 3.01. The number of carbonyl (C=O) groups is 1. The van der Waals surface area contributed by atoms with Crippen LogP contribution in [-0.2, 0) is 6.18 Å². The molecule has 2 aliphatic rings. The summed E-state index contributed by atoms with van der Waals surface area (Å²) < 4.78 is 38.8. The second-order valence-corrected chi connectivity index (χ2v) is 10.3. The number of phenolic OH excluding ortho intramolecular Hbond substituents is 1. The number of allylic oxidation sites excluding steroid dienone is 7. The average molecular weight is 556 g/mol. The molecule has 8 heteroatoms. The summed E-state index contributed by atoms with van der Waals surface area (Å²) in [7, 11) is 6.16. The molecule has 2 aromatic carbocycles. The molecule has 0 aromatic heterocycles. The van der Waals surface area contributed by atoms with E-state index < -0.39 is 17.6 Å². The van der Waals surface area contributed by atoms with E-state index in [9.17, 15) is 23.1 Å². The number of carbonyl (C=O) groups excluding carboxylic acids is 1. The molecule has 210 valence electrons. The lowest BCUT2D eigenvalue weighted by Crippen LogP contribution is -2.26. The van der Waals surface area contributed by atoms with Crippen molar-refractivity contribution < 1.29 is 23.1 Å². The number of alkyl halides is 3. The zero-order chi connectivity index (χ0) is 29.4. The molecule has 4 rings (SSSR count). The molecule has 1 heterocycles. The monoisotopic (exact) mass is 556 g/mol. The minimum atomic E-state index is -4.49. The Bertz CT molecular complexity index is 1460. The Morgan fingerprint density at radius 1 is 1.15 bits per heavy atom. The summed E-state index contributed by atoms with van der Waals surface area (Å²) in [5.41, 5.74) is 4.31. The molecule has 2 N–H and O–H groups in total. The third kappa shape index (κ3) is 8.46. The Labute approximate surface area is 240 Å². The summed E-state index contributed by atoms with van der Waals surface area (Å²) in [6.07, 6.45) is 11.0. The second-order valence-electron chi connectivity index (χ2n) is 10.3. The first-order valence-corrected chi connectivity index (χ1v) is 13.6. The highest BCUT2D eigenvalue weighted by molar-refractivity contribution is 6.33. The smallest absolute Gasteiger partial charge is 0.416 e. The maximum Gasteiger partial charge on any atom is 0.416 e. The van der Waals surface area contributed by atoms with Crippen molar-refractivity contribution in [1.29, 1.82) is 0 Å². The number of hydrogen-bond donors (Lipinski definition) is 2. The van der Waals surface area contributed by atoms with Crippen LogP contribution in [0.15, 0.2) is 106 Å². The van der Waals surface area contributed by atoms with Gasteiger partial charge in [-0.2, -0.15) is 13.2 Å². The Balaban J connectivity index is 1.30. The number of aliphatic imine (C=N–C) groups is 1. The number of nitrogens with zero attached hydrogens (tertiary/aromatic N) is 1. The number of aromatic hydroxyl groups is 1. The van der Waals surface area contributed by atoms with Crippen molar-refractivity contribution >= 4 is 25.5 Å². The lowest BCUT2D eigenvalue weighted by Gasteiger charge is -2.17. The first-order valence-electron chi connectivity index (χ1n) is 13.6. The second kappa shape index (κ2) is 13.5. The number of para-hydroxylation sites is 1. The number of hydrogen-bond acceptors (Lipinski definition) is 3. The number of rotatable bonds is 8. The van der Waals surface area contributed by atoms with Gasteiger partial charge in [-0.3, -0.25) is 9.79 Å². The topological polar surface area (TPSA) is 61.7 Å². The summed E-state index contributed by atoms with van der Waals surface area (Å²) >= 11 is 0. The predicted molar refractivity (Wildman–Crippen MR) is 159 cm³/mol. The van der Waals surface area contributed by atoms with Crippen molar-refractivity contribution in [3.8, 4) is 5.75 Å². The van der Waals surface area contributed by atoms with E-state index in [-0.39, 0.29) is 17.9 Å². The van der Waals surface area contributed by atoms with Crippen molar-refractivity contribution in [3.05, 3.63) is 118 Å². The fourth-order valence-corrected chi connectivity index (χ4v) is 4.78. The van der Waals surface area contributed by atoms with Crippen LogP contribution >= 0.6 is 0 Å². The minimum Gasteiger partial charge on any atom is -0.507 e. The molecule has 1 atom stereocenters. The van der Waals surface area contributed by atoms with Crippen molar-refractivity contribution in [1.82, 2.24) is 5.32 Å². The van der Waals surface area contributed by atoms with Crippen LogP contribution in [0.2, 0.25) is 0 Å². The van der Waals surface area contributed by atoms with Gasteiger partial charge in [0, 0.05) is 23.9 Å².